The third-order valence-electron chi connectivity index (χ3n) is 3.76. The normalized spacial score (nSPS) is 40.6. The van der Waals surface area contributed by atoms with Crippen molar-refractivity contribution >= 4 is 0 Å². The molecule has 2 aliphatic rings. The van der Waals surface area contributed by atoms with Crippen LogP contribution in [-0.2, 0) is 0 Å². The van der Waals surface area contributed by atoms with Crippen molar-refractivity contribution < 1.29 is 0 Å². The highest BCUT2D eigenvalue weighted by Gasteiger charge is 2.36. The first kappa shape index (κ1) is 9.47. The molecule has 2 bridgehead atoms. The first-order chi connectivity index (χ1) is 6.31. The number of likely N-dealkylation sites (tertiary alicyclic amines) is 1. The predicted molar refractivity (Wildman–Crippen MR) is 55.5 cm³/mol. The Hall–Kier alpha value is -0.0800. The first-order valence-corrected chi connectivity index (χ1v) is 5.79. The molecule has 0 unspecified atom stereocenters. The van der Waals surface area contributed by atoms with Gasteiger partial charge in [0.15, 0.2) is 0 Å². The zero-order valence-electron chi connectivity index (χ0n) is 8.71. The lowest BCUT2D eigenvalue weighted by Gasteiger charge is -2.45. The molecule has 1 aliphatic carbocycles. The maximum atomic E-state index is 6.22. The van der Waals surface area contributed by atoms with E-state index in [1.165, 1.54) is 45.3 Å². The number of fused-ring (bicyclic) bond motifs is 2. The van der Waals surface area contributed by atoms with Gasteiger partial charge in [0.2, 0.25) is 0 Å². The topological polar surface area (TPSA) is 29.3 Å². The van der Waals surface area contributed by atoms with Crippen molar-refractivity contribution in [3.05, 3.63) is 0 Å². The van der Waals surface area contributed by atoms with Gasteiger partial charge in [-0.2, -0.15) is 0 Å². The van der Waals surface area contributed by atoms with Gasteiger partial charge in [-0.3, -0.25) is 0 Å². The lowest BCUT2D eigenvalue weighted by atomic mass is 9.74. The Labute approximate surface area is 81.5 Å². The smallest absolute Gasteiger partial charge is 0.0120 e. The van der Waals surface area contributed by atoms with Crippen molar-refractivity contribution in [2.75, 3.05) is 19.6 Å². The molecule has 0 aromatic rings. The minimum absolute atomic E-state index is 0.516. The second-order valence-electron chi connectivity index (χ2n) is 4.79. The zero-order valence-corrected chi connectivity index (χ0v) is 8.71. The second-order valence-corrected chi connectivity index (χ2v) is 4.79. The quantitative estimate of drug-likeness (QED) is 0.700. The molecule has 2 rings (SSSR count). The van der Waals surface area contributed by atoms with Crippen molar-refractivity contribution in [3.63, 3.8) is 0 Å². The van der Waals surface area contributed by atoms with Gasteiger partial charge in [0, 0.05) is 19.1 Å². The van der Waals surface area contributed by atoms with Crippen molar-refractivity contribution in [3.8, 4) is 0 Å². The van der Waals surface area contributed by atoms with Gasteiger partial charge in [-0.05, 0) is 37.6 Å². The highest BCUT2D eigenvalue weighted by Crippen LogP contribution is 2.33. The molecule has 2 heteroatoms. The molecule has 76 valence electrons. The summed E-state index contributed by atoms with van der Waals surface area (Å²) < 4.78 is 0. The van der Waals surface area contributed by atoms with Crippen molar-refractivity contribution in [2.24, 2.45) is 17.6 Å². The van der Waals surface area contributed by atoms with Gasteiger partial charge < -0.3 is 10.6 Å². The monoisotopic (exact) mass is 182 g/mol. The van der Waals surface area contributed by atoms with Crippen molar-refractivity contribution in [1.82, 2.24) is 4.90 Å². The van der Waals surface area contributed by atoms with E-state index in [9.17, 15) is 0 Å². The Kier molecular flexibility index (Phi) is 2.89. The molecule has 1 heterocycles. The summed E-state index contributed by atoms with van der Waals surface area (Å²) in [7, 11) is 0. The molecule has 1 aliphatic heterocycles. The molecule has 1 saturated heterocycles. The molecular formula is C11H22N2. The standard InChI is InChI=1S/C11H22N2/c1-2-6-13-7-9-4-3-5-10(8-13)11(9)12/h9-11H,2-8,12H2,1H3/t9-,10-/m0/s1. The average Bonchev–Trinajstić information content (AvgIpc) is 2.07. The van der Waals surface area contributed by atoms with Gasteiger partial charge in [0.05, 0.1) is 0 Å². The molecule has 2 nitrogen and oxygen atoms in total. The van der Waals surface area contributed by atoms with Crippen LogP contribution in [0, 0.1) is 11.8 Å². The summed E-state index contributed by atoms with van der Waals surface area (Å²) in [5.74, 6) is 1.61. The van der Waals surface area contributed by atoms with E-state index in [0.29, 0.717) is 6.04 Å². The summed E-state index contributed by atoms with van der Waals surface area (Å²) >= 11 is 0. The van der Waals surface area contributed by atoms with Gasteiger partial charge in [-0.25, -0.2) is 0 Å². The Balaban J connectivity index is 1.95. The van der Waals surface area contributed by atoms with Crippen LogP contribution in [0.2, 0.25) is 0 Å². The largest absolute Gasteiger partial charge is 0.327 e. The van der Waals surface area contributed by atoms with Crippen LogP contribution in [-0.4, -0.2) is 30.6 Å². The van der Waals surface area contributed by atoms with Crippen LogP contribution in [0.25, 0.3) is 0 Å². The minimum atomic E-state index is 0.516. The summed E-state index contributed by atoms with van der Waals surface area (Å²) in [6.45, 7) is 6.08. The number of hydrogen-bond acceptors (Lipinski definition) is 2. The zero-order chi connectivity index (χ0) is 9.26. The van der Waals surface area contributed by atoms with Crippen LogP contribution < -0.4 is 5.73 Å². The van der Waals surface area contributed by atoms with E-state index < -0.39 is 0 Å². The highest BCUT2D eigenvalue weighted by molar-refractivity contribution is 4.92. The van der Waals surface area contributed by atoms with Crippen molar-refractivity contribution in [2.45, 2.75) is 38.6 Å². The Morgan fingerprint density at radius 3 is 2.38 bits per heavy atom. The summed E-state index contributed by atoms with van der Waals surface area (Å²) in [6.07, 6.45) is 5.45. The van der Waals surface area contributed by atoms with Crippen molar-refractivity contribution in [1.29, 1.82) is 0 Å². The van der Waals surface area contributed by atoms with Gasteiger partial charge >= 0.3 is 0 Å². The first-order valence-electron chi connectivity index (χ1n) is 5.79. The molecule has 0 amide bonds. The molecule has 0 aromatic heterocycles. The summed E-state index contributed by atoms with van der Waals surface area (Å²) in [5, 5.41) is 0. The Bertz CT molecular complexity index is 155. The van der Waals surface area contributed by atoms with Gasteiger partial charge in [0.1, 0.15) is 0 Å². The average molecular weight is 182 g/mol. The Morgan fingerprint density at radius 2 is 1.85 bits per heavy atom. The van der Waals surface area contributed by atoms with E-state index in [4.69, 9.17) is 5.73 Å². The molecule has 2 N–H and O–H groups in total. The Morgan fingerprint density at radius 1 is 1.23 bits per heavy atom. The lowest BCUT2D eigenvalue weighted by molar-refractivity contribution is 0.0640. The van der Waals surface area contributed by atoms with Crippen LogP contribution in [0.4, 0.5) is 0 Å². The number of nitrogens with two attached hydrogens (primary N) is 1. The van der Waals surface area contributed by atoms with E-state index in [-0.39, 0.29) is 0 Å². The van der Waals surface area contributed by atoms with E-state index in [2.05, 4.69) is 11.8 Å². The summed E-state index contributed by atoms with van der Waals surface area (Å²) in [4.78, 5) is 2.62. The maximum Gasteiger partial charge on any atom is 0.0120 e. The molecule has 0 spiro atoms. The van der Waals surface area contributed by atoms with Gasteiger partial charge in [0.25, 0.3) is 0 Å². The summed E-state index contributed by atoms with van der Waals surface area (Å²) in [6, 6.07) is 0.516. The van der Waals surface area contributed by atoms with Crippen LogP contribution in [0.5, 0.6) is 0 Å². The third kappa shape index (κ3) is 1.89. The van der Waals surface area contributed by atoms with Crippen LogP contribution in [0.1, 0.15) is 32.6 Å². The molecule has 2 atom stereocenters. The maximum absolute atomic E-state index is 6.22. The van der Waals surface area contributed by atoms with E-state index >= 15 is 0 Å². The van der Waals surface area contributed by atoms with E-state index in [1.54, 1.807) is 0 Å². The molecule has 0 radical (unpaired) electrons. The number of nitrogens with zero attached hydrogens (tertiary/aromatic N) is 1. The highest BCUT2D eigenvalue weighted by atomic mass is 15.1. The summed E-state index contributed by atoms with van der Waals surface area (Å²) in [5.41, 5.74) is 6.22. The molecular weight excluding hydrogens is 160 g/mol. The number of hydrogen-bond donors (Lipinski definition) is 1. The molecule has 1 saturated carbocycles. The van der Waals surface area contributed by atoms with Crippen LogP contribution in [0.15, 0.2) is 0 Å². The fourth-order valence-corrected chi connectivity index (χ4v) is 3.07. The van der Waals surface area contributed by atoms with Crippen LogP contribution >= 0.6 is 0 Å². The minimum Gasteiger partial charge on any atom is -0.327 e. The van der Waals surface area contributed by atoms with E-state index in [0.717, 1.165) is 11.8 Å². The number of rotatable bonds is 2. The SMILES string of the molecule is CCCN1C[C@@H]2CCC[C@@H](C1)C2N. The van der Waals surface area contributed by atoms with Gasteiger partial charge in [-0.1, -0.05) is 13.3 Å². The fraction of sp³-hybridized carbons (Fsp3) is 1.00. The third-order valence-corrected chi connectivity index (χ3v) is 3.76. The lowest BCUT2D eigenvalue weighted by Crippen LogP contribution is -2.55. The second kappa shape index (κ2) is 3.97. The van der Waals surface area contributed by atoms with E-state index in [1.807, 2.05) is 0 Å². The molecule has 13 heavy (non-hydrogen) atoms. The van der Waals surface area contributed by atoms with Gasteiger partial charge in [-0.15, -0.1) is 0 Å². The number of piperidine rings is 1. The van der Waals surface area contributed by atoms with Crippen LogP contribution in [0.3, 0.4) is 0 Å². The predicted octanol–water partition coefficient (Wildman–Crippen LogP) is 1.46. The molecule has 0 aromatic carbocycles. The molecule has 2 fully saturated rings. The fourth-order valence-electron chi connectivity index (χ4n) is 3.07.